The average Bonchev–Trinajstić information content (AvgIpc) is 3.49. The molecule has 0 N–H and O–H groups in total. The van der Waals surface area contributed by atoms with Gasteiger partial charge in [-0.05, 0) is 113 Å². The zero-order chi connectivity index (χ0) is 34.4. The van der Waals surface area contributed by atoms with E-state index in [4.69, 9.17) is 4.99 Å². The van der Waals surface area contributed by atoms with Gasteiger partial charge in [-0.3, -0.25) is 9.98 Å². The average molecular weight is 663 g/mol. The molecule has 10 rings (SSSR count). The number of nitrogens with zero attached hydrogens (tertiary/aromatic N) is 2. The summed E-state index contributed by atoms with van der Waals surface area (Å²) in [6.07, 6.45) is 14.6. The molecule has 1 aliphatic carbocycles. The summed E-state index contributed by atoms with van der Waals surface area (Å²) < 4.78 is 0. The first-order valence-electron chi connectivity index (χ1n) is 18.0. The third-order valence-electron chi connectivity index (χ3n) is 10.6. The van der Waals surface area contributed by atoms with Crippen LogP contribution in [0.15, 0.2) is 175 Å². The van der Waals surface area contributed by atoms with Crippen molar-refractivity contribution in [3.05, 3.63) is 192 Å². The van der Waals surface area contributed by atoms with E-state index in [1.165, 1.54) is 66.1 Å². The van der Waals surface area contributed by atoms with Crippen LogP contribution in [0, 0.1) is 0 Å². The quantitative estimate of drug-likeness (QED) is 0.180. The Labute approximate surface area is 303 Å². The van der Waals surface area contributed by atoms with Gasteiger partial charge in [0.05, 0.1) is 11.4 Å². The van der Waals surface area contributed by atoms with Gasteiger partial charge < -0.3 is 0 Å². The first-order chi connectivity index (χ1) is 25.8. The van der Waals surface area contributed by atoms with Gasteiger partial charge in [0, 0.05) is 24.4 Å². The van der Waals surface area contributed by atoms with Gasteiger partial charge in [0.15, 0.2) is 0 Å². The number of benzene rings is 7. The zero-order valence-electron chi connectivity index (χ0n) is 28.6. The third-order valence-corrected chi connectivity index (χ3v) is 10.6. The van der Waals surface area contributed by atoms with Crippen LogP contribution in [0.5, 0.6) is 0 Å². The molecule has 2 aliphatic rings. The molecule has 0 unspecified atom stereocenters. The minimum atomic E-state index is 0.780. The number of hydrogen-bond donors (Lipinski definition) is 0. The van der Waals surface area contributed by atoms with Crippen molar-refractivity contribution < 1.29 is 0 Å². The molecule has 0 atom stereocenters. The Kier molecular flexibility index (Phi) is 7.32. The Balaban J connectivity index is 1.12. The van der Waals surface area contributed by atoms with Crippen LogP contribution >= 0.6 is 0 Å². The summed E-state index contributed by atoms with van der Waals surface area (Å²) in [7, 11) is 0. The van der Waals surface area contributed by atoms with Crippen LogP contribution in [0.25, 0.3) is 78.2 Å². The van der Waals surface area contributed by atoms with E-state index in [1.54, 1.807) is 0 Å². The van der Waals surface area contributed by atoms with Gasteiger partial charge in [0.2, 0.25) is 0 Å². The summed E-state index contributed by atoms with van der Waals surface area (Å²) in [6.45, 7) is 0. The molecule has 8 aromatic rings. The molecular formula is C50H34N2. The fourth-order valence-electron chi connectivity index (χ4n) is 7.99. The summed E-state index contributed by atoms with van der Waals surface area (Å²) in [5.74, 6) is 0. The number of pyridine rings is 1. The highest BCUT2D eigenvalue weighted by atomic mass is 14.8. The second-order valence-electron chi connectivity index (χ2n) is 13.7. The minimum Gasteiger partial charge on any atom is -0.264 e. The van der Waals surface area contributed by atoms with Crippen molar-refractivity contribution in [3.8, 4) is 44.5 Å². The number of fused-ring (bicyclic) bond motifs is 5. The number of aliphatic imine (C=N–C) groups is 1. The molecule has 0 fully saturated rings. The summed E-state index contributed by atoms with van der Waals surface area (Å²) in [6, 6.07) is 53.0. The summed E-state index contributed by atoms with van der Waals surface area (Å²) >= 11 is 0. The maximum Gasteiger partial charge on any atom is 0.0748 e. The minimum absolute atomic E-state index is 0.780. The van der Waals surface area contributed by atoms with Gasteiger partial charge in [-0.25, -0.2) is 0 Å². The van der Waals surface area contributed by atoms with E-state index in [-0.39, 0.29) is 0 Å². The lowest BCUT2D eigenvalue weighted by molar-refractivity contribution is 1.33. The number of hydrogen-bond acceptors (Lipinski definition) is 2. The molecule has 2 nitrogen and oxygen atoms in total. The van der Waals surface area contributed by atoms with Gasteiger partial charge in [0.25, 0.3) is 0 Å². The Hall–Kier alpha value is -6.64. The summed E-state index contributed by atoms with van der Waals surface area (Å²) in [5, 5.41) is 5.06. The van der Waals surface area contributed by atoms with Crippen LogP contribution in [0.4, 0.5) is 5.69 Å². The molecule has 244 valence electrons. The highest BCUT2D eigenvalue weighted by molar-refractivity contribution is 6.09. The van der Waals surface area contributed by atoms with Crippen LogP contribution in [0.3, 0.4) is 0 Å². The van der Waals surface area contributed by atoms with Crippen molar-refractivity contribution >= 4 is 45.1 Å². The molecule has 52 heavy (non-hydrogen) atoms. The molecule has 7 aromatic carbocycles. The van der Waals surface area contributed by atoms with Crippen LogP contribution in [0.1, 0.15) is 28.7 Å². The lowest BCUT2D eigenvalue weighted by Gasteiger charge is -2.17. The van der Waals surface area contributed by atoms with E-state index in [1.807, 2.05) is 18.5 Å². The lowest BCUT2D eigenvalue weighted by Crippen LogP contribution is -2.00. The van der Waals surface area contributed by atoms with Crippen molar-refractivity contribution in [3.63, 3.8) is 0 Å². The predicted molar refractivity (Wildman–Crippen MR) is 220 cm³/mol. The molecule has 2 heteroatoms. The topological polar surface area (TPSA) is 25.2 Å². The molecule has 0 spiro atoms. The van der Waals surface area contributed by atoms with Crippen molar-refractivity contribution in [1.29, 1.82) is 0 Å². The molecule has 0 saturated heterocycles. The second-order valence-corrected chi connectivity index (χ2v) is 13.7. The summed E-state index contributed by atoms with van der Waals surface area (Å²) in [4.78, 5) is 9.70. The van der Waals surface area contributed by atoms with Crippen molar-refractivity contribution in [2.75, 3.05) is 0 Å². The Morgan fingerprint density at radius 2 is 1.13 bits per heavy atom. The van der Waals surface area contributed by atoms with E-state index in [9.17, 15) is 0 Å². The van der Waals surface area contributed by atoms with Gasteiger partial charge in [-0.15, -0.1) is 0 Å². The standard InChI is InChI=1S/C50H34N2/c1-2-16-45-44-15-7-5-11-38(44)29-47(46(45)17-3-1)40-28-41-31-49(37-25-19-33(20-26-37)39-13-9-27-51-32-39)52-50(41)48(30-40)36-23-21-35(22-24-36)43-18-8-12-34-10-4-6-14-42(34)43/h2-30,32H,1,31H2. The van der Waals surface area contributed by atoms with E-state index >= 15 is 0 Å². The molecule has 0 amide bonds. The predicted octanol–water partition coefficient (Wildman–Crippen LogP) is 13.2. The molecule has 0 saturated carbocycles. The maximum absolute atomic E-state index is 5.39. The fraction of sp³-hybridized carbons (Fsp3) is 0.0400. The van der Waals surface area contributed by atoms with Crippen molar-refractivity contribution in [1.82, 2.24) is 4.98 Å². The first-order valence-corrected chi connectivity index (χ1v) is 18.0. The number of aromatic nitrogens is 1. The first kappa shape index (κ1) is 30.2. The second kappa shape index (κ2) is 12.6. The highest BCUT2D eigenvalue weighted by Crippen LogP contribution is 2.45. The van der Waals surface area contributed by atoms with Crippen LogP contribution in [0.2, 0.25) is 0 Å². The highest BCUT2D eigenvalue weighted by Gasteiger charge is 2.23. The molecule has 2 heterocycles. The smallest absolute Gasteiger partial charge is 0.0748 e. The third kappa shape index (κ3) is 5.28. The maximum atomic E-state index is 5.39. The molecule has 1 aliphatic heterocycles. The Morgan fingerprint density at radius 1 is 0.442 bits per heavy atom. The number of allylic oxidation sites excluding steroid dienone is 2. The van der Waals surface area contributed by atoms with Gasteiger partial charge in [0.1, 0.15) is 0 Å². The normalized spacial score (nSPS) is 13.2. The van der Waals surface area contributed by atoms with E-state index in [0.717, 1.165) is 46.5 Å². The lowest BCUT2D eigenvalue weighted by atomic mass is 9.87. The number of rotatable bonds is 5. The Bertz CT molecular complexity index is 2740. The Morgan fingerprint density at radius 3 is 1.94 bits per heavy atom. The van der Waals surface area contributed by atoms with Gasteiger partial charge >= 0.3 is 0 Å². The van der Waals surface area contributed by atoms with E-state index in [2.05, 4.69) is 169 Å². The van der Waals surface area contributed by atoms with Crippen LogP contribution in [-0.2, 0) is 6.42 Å². The SMILES string of the molecule is C1=Cc2c(-c3cc4c(c(-c5ccc(-c6cccc7ccccc67)cc5)c3)N=C(c3ccc(-c5cccnc5)cc3)C4)cc3ccccc3c2C=CC1. The molecular weight excluding hydrogens is 629 g/mol. The van der Waals surface area contributed by atoms with Crippen molar-refractivity contribution in [2.45, 2.75) is 12.8 Å². The monoisotopic (exact) mass is 662 g/mol. The van der Waals surface area contributed by atoms with Crippen molar-refractivity contribution in [2.24, 2.45) is 4.99 Å². The summed E-state index contributed by atoms with van der Waals surface area (Å²) in [5.41, 5.74) is 16.7. The molecule has 0 radical (unpaired) electrons. The fourth-order valence-corrected chi connectivity index (χ4v) is 7.99. The molecule has 1 aromatic heterocycles. The van der Waals surface area contributed by atoms with Gasteiger partial charge in [-0.2, -0.15) is 0 Å². The van der Waals surface area contributed by atoms with Crippen LogP contribution in [-0.4, -0.2) is 10.7 Å². The molecule has 0 bridgehead atoms. The largest absolute Gasteiger partial charge is 0.264 e. The zero-order valence-corrected chi connectivity index (χ0v) is 28.6. The van der Waals surface area contributed by atoms with Crippen LogP contribution < -0.4 is 0 Å². The van der Waals surface area contributed by atoms with Gasteiger partial charge in [-0.1, -0.05) is 146 Å². The van der Waals surface area contributed by atoms with E-state index < -0.39 is 0 Å². The van der Waals surface area contributed by atoms with E-state index in [0.29, 0.717) is 0 Å².